The van der Waals surface area contributed by atoms with Gasteiger partial charge in [-0.3, -0.25) is 14.9 Å². The van der Waals surface area contributed by atoms with E-state index < -0.39 is 4.92 Å². The third kappa shape index (κ3) is 3.18. The summed E-state index contributed by atoms with van der Waals surface area (Å²) in [6, 6.07) is 3.98. The molecule has 0 saturated carbocycles. The highest BCUT2D eigenvalue weighted by Crippen LogP contribution is 2.27. The van der Waals surface area contributed by atoms with Crippen molar-refractivity contribution in [3.8, 4) is 0 Å². The number of amides is 1. The number of nitrogens with one attached hydrogen (secondary N) is 2. The fourth-order valence-electron chi connectivity index (χ4n) is 1.12. The molecule has 0 radical (unpaired) electrons. The van der Waals surface area contributed by atoms with Crippen molar-refractivity contribution >= 4 is 28.9 Å². The fourth-order valence-corrected chi connectivity index (χ4v) is 1.29. The highest BCUT2D eigenvalue weighted by molar-refractivity contribution is 6.31. The van der Waals surface area contributed by atoms with Crippen LogP contribution in [0, 0.1) is 10.1 Å². The molecule has 1 aromatic rings. The third-order valence-electron chi connectivity index (χ3n) is 1.77. The minimum Gasteiger partial charge on any atom is -0.319 e. The predicted octanol–water partition coefficient (Wildman–Crippen LogP) is 1.41. The van der Waals surface area contributed by atoms with Gasteiger partial charge in [-0.05, 0) is 19.2 Å². The predicted molar refractivity (Wildman–Crippen MR) is 60.7 cm³/mol. The van der Waals surface area contributed by atoms with Gasteiger partial charge in [0.25, 0.3) is 5.69 Å². The van der Waals surface area contributed by atoms with Crippen LogP contribution in [0.5, 0.6) is 0 Å². The minimum absolute atomic E-state index is 0.0731. The molecule has 0 bridgehead atoms. The summed E-state index contributed by atoms with van der Waals surface area (Å²) in [5.41, 5.74) is -0.0911. The Labute approximate surface area is 96.7 Å². The SMILES string of the molecule is CNCC(=O)Nc1cc(Cl)ccc1[N+](=O)[O-]. The van der Waals surface area contributed by atoms with Crippen LogP contribution in [-0.4, -0.2) is 24.4 Å². The molecule has 1 amide bonds. The smallest absolute Gasteiger partial charge is 0.292 e. The van der Waals surface area contributed by atoms with Crippen LogP contribution in [0.25, 0.3) is 0 Å². The van der Waals surface area contributed by atoms with Crippen LogP contribution in [0.4, 0.5) is 11.4 Å². The number of rotatable bonds is 4. The zero-order chi connectivity index (χ0) is 12.1. The fraction of sp³-hybridized carbons (Fsp3) is 0.222. The number of carbonyl (C=O) groups excluding carboxylic acids is 1. The lowest BCUT2D eigenvalue weighted by Crippen LogP contribution is -2.25. The first-order valence-electron chi connectivity index (χ1n) is 4.43. The molecule has 86 valence electrons. The Balaban J connectivity index is 2.96. The maximum Gasteiger partial charge on any atom is 0.292 e. The summed E-state index contributed by atoms with van der Waals surface area (Å²) in [6.45, 7) is 0.0731. The standard InChI is InChI=1S/C9H10ClN3O3/c1-11-5-9(14)12-7-4-6(10)2-3-8(7)13(15)16/h2-4,11H,5H2,1H3,(H,12,14). The van der Waals surface area contributed by atoms with E-state index in [4.69, 9.17) is 11.6 Å². The number of nitro groups is 1. The molecule has 0 spiro atoms. The normalized spacial score (nSPS) is 9.88. The molecule has 6 nitrogen and oxygen atoms in total. The van der Waals surface area contributed by atoms with Crippen LogP contribution in [0.2, 0.25) is 5.02 Å². The van der Waals surface area contributed by atoms with Gasteiger partial charge >= 0.3 is 0 Å². The zero-order valence-electron chi connectivity index (χ0n) is 8.49. The molecule has 1 aromatic carbocycles. The molecule has 0 aromatic heterocycles. The number of nitro benzene ring substituents is 1. The van der Waals surface area contributed by atoms with Crippen molar-refractivity contribution in [3.05, 3.63) is 33.3 Å². The van der Waals surface area contributed by atoms with Crippen LogP contribution >= 0.6 is 11.6 Å². The lowest BCUT2D eigenvalue weighted by Gasteiger charge is -2.05. The van der Waals surface area contributed by atoms with Gasteiger partial charge in [0.15, 0.2) is 0 Å². The molecule has 0 aliphatic heterocycles. The average molecular weight is 244 g/mol. The van der Waals surface area contributed by atoms with Gasteiger partial charge in [-0.25, -0.2) is 0 Å². The van der Waals surface area contributed by atoms with Gasteiger partial charge in [-0.1, -0.05) is 11.6 Å². The summed E-state index contributed by atoms with van der Waals surface area (Å²) in [5, 5.41) is 16.0. The van der Waals surface area contributed by atoms with Crippen molar-refractivity contribution in [2.75, 3.05) is 18.9 Å². The number of anilines is 1. The Morgan fingerprint density at radius 3 is 2.81 bits per heavy atom. The van der Waals surface area contributed by atoms with E-state index in [1.807, 2.05) is 0 Å². The average Bonchev–Trinajstić information content (AvgIpc) is 2.17. The van der Waals surface area contributed by atoms with E-state index in [9.17, 15) is 14.9 Å². The number of likely N-dealkylation sites (N-methyl/N-ethyl adjacent to an activating group) is 1. The first-order valence-corrected chi connectivity index (χ1v) is 4.80. The van der Waals surface area contributed by atoms with E-state index in [-0.39, 0.29) is 23.8 Å². The molecular formula is C9H10ClN3O3. The van der Waals surface area contributed by atoms with E-state index in [1.54, 1.807) is 7.05 Å². The van der Waals surface area contributed by atoms with Crippen molar-refractivity contribution < 1.29 is 9.72 Å². The Morgan fingerprint density at radius 2 is 2.25 bits per heavy atom. The molecule has 16 heavy (non-hydrogen) atoms. The molecule has 0 aliphatic carbocycles. The van der Waals surface area contributed by atoms with Gasteiger partial charge < -0.3 is 10.6 Å². The van der Waals surface area contributed by atoms with Gasteiger partial charge in [-0.15, -0.1) is 0 Å². The van der Waals surface area contributed by atoms with Gasteiger partial charge in [0.1, 0.15) is 5.69 Å². The van der Waals surface area contributed by atoms with Gasteiger partial charge in [0.2, 0.25) is 5.91 Å². The van der Waals surface area contributed by atoms with Crippen LogP contribution in [0.3, 0.4) is 0 Å². The maximum absolute atomic E-state index is 11.3. The van der Waals surface area contributed by atoms with E-state index >= 15 is 0 Å². The molecule has 1 rings (SSSR count). The van der Waals surface area contributed by atoms with Crippen molar-refractivity contribution in [2.24, 2.45) is 0 Å². The molecule has 0 aliphatic rings. The van der Waals surface area contributed by atoms with Gasteiger partial charge in [-0.2, -0.15) is 0 Å². The maximum atomic E-state index is 11.3. The van der Waals surface area contributed by atoms with E-state index in [0.29, 0.717) is 5.02 Å². The number of halogens is 1. The summed E-state index contributed by atoms with van der Waals surface area (Å²) in [5.74, 6) is -0.368. The minimum atomic E-state index is -0.578. The van der Waals surface area contributed by atoms with Gasteiger partial charge in [0.05, 0.1) is 11.5 Å². The highest BCUT2D eigenvalue weighted by atomic mass is 35.5. The van der Waals surface area contributed by atoms with E-state index in [2.05, 4.69) is 10.6 Å². The Kier molecular flexibility index (Phi) is 4.21. The topological polar surface area (TPSA) is 84.3 Å². The van der Waals surface area contributed by atoms with Crippen LogP contribution in [0.15, 0.2) is 18.2 Å². The second-order valence-electron chi connectivity index (χ2n) is 3.00. The molecule has 0 saturated heterocycles. The van der Waals surface area contributed by atoms with Crippen molar-refractivity contribution in [1.29, 1.82) is 0 Å². The van der Waals surface area contributed by atoms with Crippen LogP contribution in [0.1, 0.15) is 0 Å². The first kappa shape index (κ1) is 12.4. The molecule has 0 atom stereocenters. The van der Waals surface area contributed by atoms with E-state index in [0.717, 1.165) is 0 Å². The van der Waals surface area contributed by atoms with Crippen molar-refractivity contribution in [2.45, 2.75) is 0 Å². The van der Waals surface area contributed by atoms with Crippen molar-refractivity contribution in [1.82, 2.24) is 5.32 Å². The van der Waals surface area contributed by atoms with Crippen LogP contribution in [-0.2, 0) is 4.79 Å². The van der Waals surface area contributed by atoms with Crippen molar-refractivity contribution in [3.63, 3.8) is 0 Å². The highest BCUT2D eigenvalue weighted by Gasteiger charge is 2.15. The Morgan fingerprint density at radius 1 is 1.56 bits per heavy atom. The molecule has 0 unspecified atom stereocenters. The molecule has 2 N–H and O–H groups in total. The number of benzene rings is 1. The monoisotopic (exact) mass is 243 g/mol. The molecule has 0 fully saturated rings. The quantitative estimate of drug-likeness (QED) is 0.619. The largest absolute Gasteiger partial charge is 0.319 e. The number of hydrogen-bond donors (Lipinski definition) is 2. The Bertz CT molecular complexity index is 422. The summed E-state index contributed by atoms with van der Waals surface area (Å²) in [6.07, 6.45) is 0. The second-order valence-corrected chi connectivity index (χ2v) is 3.43. The number of carbonyl (C=O) groups is 1. The first-order chi connectivity index (χ1) is 7.54. The number of hydrogen-bond acceptors (Lipinski definition) is 4. The summed E-state index contributed by atoms with van der Waals surface area (Å²) in [4.78, 5) is 21.3. The van der Waals surface area contributed by atoms with Crippen LogP contribution < -0.4 is 10.6 Å². The molecule has 7 heteroatoms. The third-order valence-corrected chi connectivity index (χ3v) is 2.00. The lowest BCUT2D eigenvalue weighted by atomic mass is 10.2. The zero-order valence-corrected chi connectivity index (χ0v) is 9.25. The summed E-state index contributed by atoms with van der Waals surface area (Å²) >= 11 is 5.69. The second kappa shape index (κ2) is 5.43. The number of nitrogens with zero attached hydrogens (tertiary/aromatic N) is 1. The Hall–Kier alpha value is -1.66. The summed E-state index contributed by atoms with van der Waals surface area (Å²) < 4.78 is 0. The molecule has 0 heterocycles. The van der Waals surface area contributed by atoms with Gasteiger partial charge in [0, 0.05) is 11.1 Å². The molecular weight excluding hydrogens is 234 g/mol. The summed E-state index contributed by atoms with van der Waals surface area (Å²) in [7, 11) is 1.60. The lowest BCUT2D eigenvalue weighted by molar-refractivity contribution is -0.383. The van der Waals surface area contributed by atoms with E-state index in [1.165, 1.54) is 18.2 Å².